The Morgan fingerprint density at radius 2 is 1.79 bits per heavy atom. The van der Waals surface area contributed by atoms with E-state index < -0.39 is 6.17 Å². The average molecular weight is 200 g/mol. The summed E-state index contributed by atoms with van der Waals surface area (Å²) in [4.78, 5) is 0. The van der Waals surface area contributed by atoms with Crippen LogP contribution in [0, 0.1) is 17.8 Å². The monoisotopic (exact) mass is 200 g/mol. The first kappa shape index (κ1) is 12.0. The molecule has 4 unspecified atom stereocenters. The third-order valence-electron chi connectivity index (χ3n) is 3.50. The number of hydrogen-bond donors (Lipinski definition) is 0. The Labute approximate surface area is 88.3 Å². The molecule has 2 aliphatic carbocycles. The van der Waals surface area contributed by atoms with Crippen LogP contribution in [0.1, 0.15) is 59.3 Å². The number of fused-ring (bicyclic) bond motifs is 1. The summed E-state index contributed by atoms with van der Waals surface area (Å²) in [6, 6.07) is 0. The second-order valence-electron chi connectivity index (χ2n) is 5.15. The quantitative estimate of drug-likeness (QED) is 0.536. The molecule has 0 nitrogen and oxygen atoms in total. The first-order valence-electron chi connectivity index (χ1n) is 6.33. The first-order valence-corrected chi connectivity index (χ1v) is 6.33. The van der Waals surface area contributed by atoms with Crippen LogP contribution in [0.15, 0.2) is 0 Å². The van der Waals surface area contributed by atoms with Crippen molar-refractivity contribution in [2.45, 2.75) is 65.5 Å². The predicted octanol–water partition coefficient (Wildman–Crippen LogP) is 4.59. The molecular formula is C13H25F. The van der Waals surface area contributed by atoms with E-state index in [2.05, 4.69) is 20.8 Å². The minimum atomic E-state index is -0.460. The smallest absolute Gasteiger partial charge is 0.103 e. The van der Waals surface area contributed by atoms with E-state index in [1.165, 1.54) is 19.3 Å². The van der Waals surface area contributed by atoms with E-state index in [0.29, 0.717) is 5.92 Å². The Bertz CT molecular complexity index is 155. The second-order valence-corrected chi connectivity index (χ2v) is 5.15. The molecule has 0 aromatic heterocycles. The highest BCUT2D eigenvalue weighted by Gasteiger charge is 2.39. The van der Waals surface area contributed by atoms with Crippen molar-refractivity contribution in [3.63, 3.8) is 0 Å². The van der Waals surface area contributed by atoms with Crippen molar-refractivity contribution in [2.75, 3.05) is 0 Å². The topological polar surface area (TPSA) is 0 Å². The predicted molar refractivity (Wildman–Crippen MR) is 60.1 cm³/mol. The molecule has 2 aliphatic rings. The summed E-state index contributed by atoms with van der Waals surface area (Å²) < 4.78 is 13.3. The van der Waals surface area contributed by atoms with Crippen molar-refractivity contribution >= 4 is 0 Å². The maximum atomic E-state index is 13.3. The molecule has 0 aromatic carbocycles. The van der Waals surface area contributed by atoms with E-state index in [-0.39, 0.29) is 0 Å². The summed E-state index contributed by atoms with van der Waals surface area (Å²) in [5.41, 5.74) is 0. The van der Waals surface area contributed by atoms with Gasteiger partial charge in [-0.15, -0.1) is 0 Å². The van der Waals surface area contributed by atoms with Crippen LogP contribution in [0.25, 0.3) is 0 Å². The van der Waals surface area contributed by atoms with Gasteiger partial charge in [-0.25, -0.2) is 4.39 Å². The molecule has 0 bridgehead atoms. The Morgan fingerprint density at radius 1 is 1.14 bits per heavy atom. The van der Waals surface area contributed by atoms with Gasteiger partial charge in [0.25, 0.3) is 0 Å². The molecule has 1 heteroatoms. The number of alkyl halides is 1. The fourth-order valence-electron chi connectivity index (χ4n) is 3.01. The Hall–Kier alpha value is -0.0700. The summed E-state index contributed by atoms with van der Waals surface area (Å²) >= 11 is 0. The summed E-state index contributed by atoms with van der Waals surface area (Å²) in [6.45, 7) is 6.52. The highest BCUT2D eigenvalue weighted by Crippen LogP contribution is 2.45. The maximum Gasteiger partial charge on any atom is 0.103 e. The summed E-state index contributed by atoms with van der Waals surface area (Å²) in [5, 5.41) is 0. The van der Waals surface area contributed by atoms with Gasteiger partial charge in [0, 0.05) is 0 Å². The van der Waals surface area contributed by atoms with Crippen LogP contribution in [-0.2, 0) is 0 Å². The number of hydrogen-bond acceptors (Lipinski definition) is 0. The van der Waals surface area contributed by atoms with Gasteiger partial charge in [0.05, 0.1) is 0 Å². The largest absolute Gasteiger partial charge is 0.247 e. The molecule has 0 heterocycles. The average Bonchev–Trinajstić information content (AvgIpc) is 2.48. The van der Waals surface area contributed by atoms with Crippen LogP contribution < -0.4 is 0 Å². The van der Waals surface area contributed by atoms with Gasteiger partial charge >= 0.3 is 0 Å². The summed E-state index contributed by atoms with van der Waals surface area (Å²) in [5.74, 6) is 1.98. The van der Waals surface area contributed by atoms with Crippen LogP contribution in [0.5, 0.6) is 0 Å². The summed E-state index contributed by atoms with van der Waals surface area (Å²) in [7, 11) is 0. The van der Waals surface area contributed by atoms with E-state index in [4.69, 9.17) is 0 Å². The highest BCUT2D eigenvalue weighted by atomic mass is 19.1. The van der Waals surface area contributed by atoms with Crippen molar-refractivity contribution in [1.82, 2.24) is 0 Å². The van der Waals surface area contributed by atoms with Gasteiger partial charge < -0.3 is 0 Å². The molecule has 0 aliphatic heterocycles. The van der Waals surface area contributed by atoms with Gasteiger partial charge in [0.1, 0.15) is 6.17 Å². The molecule has 2 saturated carbocycles. The van der Waals surface area contributed by atoms with Crippen molar-refractivity contribution < 1.29 is 4.39 Å². The van der Waals surface area contributed by atoms with Crippen molar-refractivity contribution in [3.05, 3.63) is 0 Å². The lowest BCUT2D eigenvalue weighted by Gasteiger charge is -2.28. The van der Waals surface area contributed by atoms with E-state index >= 15 is 0 Å². The zero-order valence-electron chi connectivity index (χ0n) is 9.93. The molecule has 14 heavy (non-hydrogen) atoms. The van der Waals surface area contributed by atoms with Gasteiger partial charge in [0.2, 0.25) is 0 Å². The Morgan fingerprint density at radius 3 is 2.36 bits per heavy atom. The molecule has 0 aromatic rings. The number of rotatable bonds is 0. The van der Waals surface area contributed by atoms with E-state index in [1.54, 1.807) is 0 Å². The molecule has 2 rings (SSSR count). The van der Waals surface area contributed by atoms with E-state index in [9.17, 15) is 4.39 Å². The third-order valence-corrected chi connectivity index (χ3v) is 3.50. The highest BCUT2D eigenvalue weighted by molar-refractivity contribution is 4.89. The first-order chi connectivity index (χ1) is 6.69. The zero-order valence-corrected chi connectivity index (χ0v) is 9.93. The fraction of sp³-hybridized carbons (Fsp3) is 1.00. The minimum absolute atomic E-state index is 0.443. The van der Waals surface area contributed by atoms with Crippen LogP contribution in [0.2, 0.25) is 0 Å². The second kappa shape index (κ2) is 5.72. The minimum Gasteiger partial charge on any atom is -0.247 e. The lowest BCUT2D eigenvalue weighted by molar-refractivity contribution is 0.129. The van der Waals surface area contributed by atoms with E-state index in [1.807, 2.05) is 0 Å². The molecule has 0 saturated heterocycles. The van der Waals surface area contributed by atoms with Crippen LogP contribution in [0.4, 0.5) is 4.39 Å². The molecule has 84 valence electrons. The number of halogens is 1. The maximum absolute atomic E-state index is 13.3. The van der Waals surface area contributed by atoms with Crippen molar-refractivity contribution in [2.24, 2.45) is 17.8 Å². The lowest BCUT2D eigenvalue weighted by Crippen LogP contribution is -2.24. The van der Waals surface area contributed by atoms with E-state index in [0.717, 1.165) is 31.1 Å². The zero-order chi connectivity index (χ0) is 10.6. The molecular weight excluding hydrogens is 175 g/mol. The van der Waals surface area contributed by atoms with Gasteiger partial charge in [-0.2, -0.15) is 0 Å². The Kier molecular flexibility index (Phi) is 4.91. The molecule has 0 N–H and O–H groups in total. The van der Waals surface area contributed by atoms with Crippen molar-refractivity contribution in [3.8, 4) is 0 Å². The van der Waals surface area contributed by atoms with Gasteiger partial charge in [-0.3, -0.25) is 0 Å². The molecule has 0 amide bonds. The molecule has 2 fully saturated rings. The molecule has 0 spiro atoms. The SMILES string of the molecule is CC1CC2CCCC(F)C2C1.CCC. The third kappa shape index (κ3) is 2.96. The molecule has 0 radical (unpaired) electrons. The van der Waals surface area contributed by atoms with Crippen LogP contribution in [0.3, 0.4) is 0 Å². The molecule has 4 atom stereocenters. The standard InChI is InChI=1S/C10H17F.C3H8/c1-7-5-8-3-2-4-10(11)9(8)6-7;1-3-2/h7-10H,2-6H2,1H3;3H2,1-2H3. The summed E-state index contributed by atoms with van der Waals surface area (Å²) in [6.07, 6.45) is 6.52. The van der Waals surface area contributed by atoms with Crippen molar-refractivity contribution in [1.29, 1.82) is 0 Å². The normalized spacial score (nSPS) is 41.1. The van der Waals surface area contributed by atoms with Gasteiger partial charge in [-0.05, 0) is 43.4 Å². The van der Waals surface area contributed by atoms with Gasteiger partial charge in [-0.1, -0.05) is 33.6 Å². The van der Waals surface area contributed by atoms with Crippen LogP contribution in [-0.4, -0.2) is 6.17 Å². The van der Waals surface area contributed by atoms with Gasteiger partial charge in [0.15, 0.2) is 0 Å². The fourth-order valence-corrected chi connectivity index (χ4v) is 3.01. The Balaban J connectivity index is 0.000000293. The lowest BCUT2D eigenvalue weighted by atomic mass is 9.80. The van der Waals surface area contributed by atoms with Crippen LogP contribution >= 0.6 is 0 Å².